The molecule has 4 aliphatic rings. The normalized spacial score (nSPS) is 39.1. The van der Waals surface area contributed by atoms with Crippen molar-refractivity contribution >= 4 is 29.2 Å². The van der Waals surface area contributed by atoms with E-state index in [1.54, 1.807) is 40.9 Å². The van der Waals surface area contributed by atoms with Crippen molar-refractivity contribution in [2.24, 2.45) is 47.3 Å². The van der Waals surface area contributed by atoms with E-state index in [0.29, 0.717) is 69.8 Å². The van der Waals surface area contributed by atoms with Gasteiger partial charge in [0.15, 0.2) is 0 Å². The molecule has 2 bridgehead atoms. The summed E-state index contributed by atoms with van der Waals surface area (Å²) in [5.41, 5.74) is 1.21. The van der Waals surface area contributed by atoms with Gasteiger partial charge in [-0.25, -0.2) is 4.79 Å². The Kier molecular flexibility index (Phi) is 21.0. The molecule has 3 heterocycles. The molecule has 366 valence electrons. The van der Waals surface area contributed by atoms with Crippen molar-refractivity contribution in [1.29, 1.82) is 0 Å². The highest BCUT2D eigenvalue weighted by Crippen LogP contribution is 2.38. The third kappa shape index (κ3) is 14.3. The van der Waals surface area contributed by atoms with Gasteiger partial charge in [0.25, 0.3) is 11.7 Å². The number of cyclic esters (lactones) is 1. The third-order valence-electron chi connectivity index (χ3n) is 14.7. The predicted molar refractivity (Wildman–Crippen MR) is 245 cm³/mol. The molecule has 0 radical (unpaired) electrons. The molecule has 0 aromatic heterocycles. The second kappa shape index (κ2) is 25.1. The van der Waals surface area contributed by atoms with Crippen LogP contribution in [0.4, 0.5) is 0 Å². The zero-order valence-corrected chi connectivity index (χ0v) is 40.1. The first-order valence-corrected chi connectivity index (χ1v) is 24.1. The quantitative estimate of drug-likeness (QED) is 0.129. The molecule has 3 fully saturated rings. The zero-order valence-electron chi connectivity index (χ0n) is 40.1. The molecule has 3 aliphatic heterocycles. The standard InChI is InChI=1S/C51H79NO13/c1-30-14-10-9-11-15-31(2)44(63-8)26-39-19-17-36(7)51(62,65-39)48(59)49(60)52-21-13-12-16-41(52)50(61)64-45(33(4)24-37-18-20-42(55)38(25-37)28-53)27-43(56)32(3)23-35(6)47(58)40(29-54)46(57)34(5)22-30/h9-11,14-15,23,30,32-34,36-42,44-45,47,53-55,58,62H,12-13,16-22,24-29H2,1-8H3/b11-9?,14-10+,31-15?,35-23+/t30-,32-,33-,34-,36-,37+,38+,39+,40+,41+,42-,44+,45+,47-,51+/m1/s1. The van der Waals surface area contributed by atoms with Gasteiger partial charge in [0.05, 0.1) is 36.9 Å². The maximum atomic E-state index is 14.3. The lowest BCUT2D eigenvalue weighted by Gasteiger charge is -2.42. The number of hydrogen-bond donors (Lipinski definition) is 5. The number of hydrogen-bond acceptors (Lipinski definition) is 13. The summed E-state index contributed by atoms with van der Waals surface area (Å²) in [5, 5.41) is 54.0. The Morgan fingerprint density at radius 2 is 1.60 bits per heavy atom. The van der Waals surface area contributed by atoms with Crippen LogP contribution in [0.2, 0.25) is 0 Å². The van der Waals surface area contributed by atoms with Gasteiger partial charge in [0, 0.05) is 56.8 Å². The fourth-order valence-corrected chi connectivity index (χ4v) is 10.3. The predicted octanol–water partition coefficient (Wildman–Crippen LogP) is 5.37. The van der Waals surface area contributed by atoms with Gasteiger partial charge in [-0.05, 0) is 107 Å². The summed E-state index contributed by atoms with van der Waals surface area (Å²) < 4.78 is 18.2. The summed E-state index contributed by atoms with van der Waals surface area (Å²) in [6.45, 7) is 11.8. The van der Waals surface area contributed by atoms with Crippen LogP contribution in [0.15, 0.2) is 47.6 Å². The van der Waals surface area contributed by atoms with Crippen LogP contribution in [0.1, 0.15) is 126 Å². The van der Waals surface area contributed by atoms with Gasteiger partial charge in [-0.2, -0.15) is 0 Å². The van der Waals surface area contributed by atoms with Crippen molar-refractivity contribution < 1.29 is 63.7 Å². The Bertz CT molecular complexity index is 1760. The number of amides is 1. The number of ketones is 3. The van der Waals surface area contributed by atoms with Crippen LogP contribution in [0.5, 0.6) is 0 Å². The van der Waals surface area contributed by atoms with E-state index in [4.69, 9.17) is 14.2 Å². The molecule has 4 rings (SSSR count). The van der Waals surface area contributed by atoms with Gasteiger partial charge in [-0.15, -0.1) is 0 Å². The molecule has 1 aliphatic carbocycles. The number of aliphatic hydroxyl groups is 5. The maximum Gasteiger partial charge on any atom is 0.329 e. The number of allylic oxidation sites excluding steroid dienone is 6. The van der Waals surface area contributed by atoms with Crippen LogP contribution in [0.3, 0.4) is 0 Å². The van der Waals surface area contributed by atoms with Crippen molar-refractivity contribution in [3.8, 4) is 0 Å². The van der Waals surface area contributed by atoms with Gasteiger partial charge in [0.2, 0.25) is 5.79 Å². The highest BCUT2D eigenvalue weighted by atomic mass is 16.6. The maximum absolute atomic E-state index is 14.3. The summed E-state index contributed by atoms with van der Waals surface area (Å²) in [5.74, 6) is -9.71. The van der Waals surface area contributed by atoms with Crippen LogP contribution < -0.4 is 0 Å². The van der Waals surface area contributed by atoms with E-state index in [2.05, 4.69) is 0 Å². The Labute approximate surface area is 386 Å². The van der Waals surface area contributed by atoms with E-state index < -0.39 is 90.3 Å². The van der Waals surface area contributed by atoms with Crippen LogP contribution in [-0.4, -0.2) is 129 Å². The number of fused-ring (bicyclic) bond motifs is 3. The first-order chi connectivity index (χ1) is 30.7. The van der Waals surface area contributed by atoms with Crippen molar-refractivity contribution in [3.05, 3.63) is 47.6 Å². The van der Waals surface area contributed by atoms with E-state index in [1.165, 1.54) is 4.90 Å². The van der Waals surface area contributed by atoms with Gasteiger partial charge in [0.1, 0.15) is 23.7 Å². The van der Waals surface area contributed by atoms with E-state index in [0.717, 1.165) is 5.57 Å². The number of carbonyl (C=O) groups excluding carboxylic acids is 5. The number of piperidine rings is 1. The molecule has 65 heavy (non-hydrogen) atoms. The molecule has 15 atom stereocenters. The molecule has 0 aromatic rings. The number of rotatable bonds is 6. The lowest BCUT2D eigenvalue weighted by Crippen LogP contribution is -2.61. The van der Waals surface area contributed by atoms with Crippen LogP contribution in [0, 0.1) is 47.3 Å². The number of nitrogens with zero attached hydrogens (tertiary/aromatic N) is 1. The third-order valence-corrected chi connectivity index (χ3v) is 14.7. The van der Waals surface area contributed by atoms with Gasteiger partial charge in [-0.1, -0.05) is 71.1 Å². The largest absolute Gasteiger partial charge is 0.460 e. The topological polar surface area (TPSA) is 217 Å². The molecule has 14 heteroatoms. The average molecular weight is 914 g/mol. The minimum atomic E-state index is -2.44. The van der Waals surface area contributed by atoms with E-state index in [9.17, 15) is 49.5 Å². The summed E-state index contributed by atoms with van der Waals surface area (Å²) in [7, 11) is 1.57. The van der Waals surface area contributed by atoms with Crippen LogP contribution >= 0.6 is 0 Å². The van der Waals surface area contributed by atoms with Crippen LogP contribution in [-0.2, 0) is 38.2 Å². The first kappa shape index (κ1) is 54.2. The van der Waals surface area contributed by atoms with Gasteiger partial charge >= 0.3 is 5.97 Å². The number of esters is 1. The second-order valence-corrected chi connectivity index (χ2v) is 19.9. The number of ether oxygens (including phenoxy) is 3. The highest BCUT2D eigenvalue weighted by Gasteiger charge is 2.53. The molecule has 2 saturated heterocycles. The molecule has 0 aromatic carbocycles. The zero-order chi connectivity index (χ0) is 48.2. The fraction of sp³-hybridized carbons (Fsp3) is 0.745. The molecular weight excluding hydrogens is 835 g/mol. The summed E-state index contributed by atoms with van der Waals surface area (Å²) in [4.78, 5) is 71.6. The van der Waals surface area contributed by atoms with Crippen molar-refractivity contribution in [3.63, 3.8) is 0 Å². The molecule has 0 unspecified atom stereocenters. The minimum absolute atomic E-state index is 0.0117. The SMILES string of the molecule is CO[C@H]1C[C@@H]2CC[C@@H](C)[C@](O)(O2)C(=O)C(=O)N2CCCC[C@H]2C(=O)O[C@H]([C@H](C)C[C@@H]2CC[C@@H](O)[C@H](CO)C2)CC(=O)[C@H](C)/C=C(\C)[C@@H](O)[C@@H](CO)C(=O)[C@H](C)C[C@H](C)/C=C/C=CC=C1C. The summed E-state index contributed by atoms with van der Waals surface area (Å²) in [6.07, 6.45) is 12.1. The number of methoxy groups -OCH3 is 1. The molecule has 1 saturated carbocycles. The first-order valence-electron chi connectivity index (χ1n) is 24.1. The highest BCUT2D eigenvalue weighted by molar-refractivity contribution is 6.39. The molecule has 5 N–H and O–H groups in total. The van der Waals surface area contributed by atoms with Crippen molar-refractivity contribution in [1.82, 2.24) is 4.90 Å². The fourth-order valence-electron chi connectivity index (χ4n) is 10.3. The summed E-state index contributed by atoms with van der Waals surface area (Å²) in [6, 6.07) is -1.16. The van der Waals surface area contributed by atoms with Crippen LogP contribution in [0.25, 0.3) is 0 Å². The Morgan fingerprint density at radius 3 is 2.28 bits per heavy atom. The molecular formula is C51H79NO13. The number of aliphatic hydroxyl groups excluding tert-OH is 4. The monoisotopic (exact) mass is 914 g/mol. The van der Waals surface area contributed by atoms with E-state index in [-0.39, 0.29) is 61.2 Å². The Balaban J connectivity index is 1.70. The average Bonchev–Trinajstić information content (AvgIpc) is 3.28. The Morgan fingerprint density at radius 1 is 0.877 bits per heavy atom. The van der Waals surface area contributed by atoms with Crippen molar-refractivity contribution in [2.75, 3.05) is 26.9 Å². The lowest BCUT2D eigenvalue weighted by atomic mass is 9.75. The molecule has 0 spiro atoms. The van der Waals surface area contributed by atoms with Gasteiger partial charge in [-0.3, -0.25) is 19.2 Å². The lowest BCUT2D eigenvalue weighted by molar-refractivity contribution is -0.265. The number of Topliss-reactive ketones (excluding diaryl/α,β-unsaturated/α-hetero) is 3. The Hall–Kier alpha value is -3.37. The van der Waals surface area contributed by atoms with E-state index in [1.807, 2.05) is 51.2 Å². The molecule has 14 nitrogen and oxygen atoms in total. The second-order valence-electron chi connectivity index (χ2n) is 19.9. The number of carbonyl (C=O) groups is 5. The smallest absolute Gasteiger partial charge is 0.329 e. The molecule has 1 amide bonds. The van der Waals surface area contributed by atoms with Crippen molar-refractivity contribution in [2.45, 2.75) is 168 Å². The van der Waals surface area contributed by atoms with E-state index >= 15 is 0 Å². The van der Waals surface area contributed by atoms with Gasteiger partial charge < -0.3 is 44.6 Å². The minimum Gasteiger partial charge on any atom is -0.460 e. The summed E-state index contributed by atoms with van der Waals surface area (Å²) >= 11 is 0.